The first-order chi connectivity index (χ1) is 7.99. The highest BCUT2D eigenvalue weighted by molar-refractivity contribution is 5.78. The van der Waals surface area contributed by atoms with Crippen molar-refractivity contribution in [1.82, 2.24) is 9.88 Å². The molecule has 1 fully saturated rings. The van der Waals surface area contributed by atoms with Crippen LogP contribution in [0.1, 0.15) is 26.0 Å². The van der Waals surface area contributed by atoms with Gasteiger partial charge in [-0.2, -0.15) is 0 Å². The van der Waals surface area contributed by atoms with Crippen LogP contribution in [0.4, 0.5) is 0 Å². The van der Waals surface area contributed by atoms with Crippen molar-refractivity contribution >= 4 is 5.91 Å². The predicted molar refractivity (Wildman–Crippen MR) is 67.5 cm³/mol. The molecule has 2 rings (SSSR count). The fraction of sp³-hybridized carbons (Fsp3) is 0.615. The maximum absolute atomic E-state index is 12.1. The third-order valence-electron chi connectivity index (χ3n) is 3.67. The number of nitrogens with zero attached hydrogens (tertiary/aromatic N) is 1. The molecule has 0 aromatic carbocycles. The standard InChI is InChI=1S/C13H21N3O/c1-13(2)9-16(7-5-11(13)14)12(17)8-10-4-3-6-15-10/h3-4,6,11,15H,5,7-9,14H2,1-2H3. The van der Waals surface area contributed by atoms with Gasteiger partial charge in [-0.3, -0.25) is 4.79 Å². The lowest BCUT2D eigenvalue weighted by atomic mass is 9.79. The fourth-order valence-electron chi connectivity index (χ4n) is 2.34. The Labute approximate surface area is 102 Å². The Balaban J connectivity index is 1.97. The van der Waals surface area contributed by atoms with Crippen LogP contribution in [-0.2, 0) is 11.2 Å². The monoisotopic (exact) mass is 235 g/mol. The van der Waals surface area contributed by atoms with Crippen molar-refractivity contribution in [2.24, 2.45) is 11.1 Å². The molecule has 1 aromatic heterocycles. The van der Waals surface area contributed by atoms with Gasteiger partial charge in [0.05, 0.1) is 6.42 Å². The lowest BCUT2D eigenvalue weighted by molar-refractivity contribution is -0.133. The molecule has 0 aliphatic carbocycles. The molecule has 0 saturated carbocycles. The van der Waals surface area contributed by atoms with Crippen molar-refractivity contribution in [3.63, 3.8) is 0 Å². The van der Waals surface area contributed by atoms with Gasteiger partial charge < -0.3 is 15.6 Å². The van der Waals surface area contributed by atoms with Crippen LogP contribution in [0.5, 0.6) is 0 Å². The van der Waals surface area contributed by atoms with Crippen LogP contribution in [-0.4, -0.2) is 34.9 Å². The fourth-order valence-corrected chi connectivity index (χ4v) is 2.34. The quantitative estimate of drug-likeness (QED) is 0.807. The molecular formula is C13H21N3O. The summed E-state index contributed by atoms with van der Waals surface area (Å²) in [6.45, 7) is 5.80. The number of aromatic amines is 1. The highest BCUT2D eigenvalue weighted by Crippen LogP contribution is 2.27. The number of carbonyl (C=O) groups is 1. The molecule has 1 amide bonds. The molecule has 0 spiro atoms. The summed E-state index contributed by atoms with van der Waals surface area (Å²) in [6.07, 6.45) is 3.19. The van der Waals surface area contributed by atoms with Gasteiger partial charge in [0.1, 0.15) is 0 Å². The van der Waals surface area contributed by atoms with Gasteiger partial charge in [0.25, 0.3) is 0 Å². The Morgan fingerprint density at radius 2 is 2.41 bits per heavy atom. The first kappa shape index (κ1) is 12.2. The van der Waals surface area contributed by atoms with Crippen molar-refractivity contribution < 1.29 is 4.79 Å². The van der Waals surface area contributed by atoms with Gasteiger partial charge in [-0.05, 0) is 24.0 Å². The smallest absolute Gasteiger partial charge is 0.228 e. The second kappa shape index (κ2) is 4.53. The molecule has 1 aliphatic rings. The summed E-state index contributed by atoms with van der Waals surface area (Å²) < 4.78 is 0. The summed E-state index contributed by atoms with van der Waals surface area (Å²) in [5, 5.41) is 0. The summed E-state index contributed by atoms with van der Waals surface area (Å²) >= 11 is 0. The molecule has 3 N–H and O–H groups in total. The molecule has 1 aromatic rings. The number of aromatic nitrogens is 1. The Kier molecular flexibility index (Phi) is 3.24. The van der Waals surface area contributed by atoms with E-state index in [0.717, 1.165) is 25.2 Å². The summed E-state index contributed by atoms with van der Waals surface area (Å²) in [7, 11) is 0. The van der Waals surface area contributed by atoms with Gasteiger partial charge in [-0.15, -0.1) is 0 Å². The van der Waals surface area contributed by atoms with Gasteiger partial charge in [-0.25, -0.2) is 0 Å². The number of carbonyl (C=O) groups excluding carboxylic acids is 1. The van der Waals surface area contributed by atoms with Crippen LogP contribution in [0.3, 0.4) is 0 Å². The molecule has 1 unspecified atom stereocenters. The number of nitrogens with one attached hydrogen (secondary N) is 1. The van der Waals surface area contributed by atoms with Crippen LogP contribution in [0.25, 0.3) is 0 Å². The van der Waals surface area contributed by atoms with Crippen LogP contribution in [0.15, 0.2) is 18.3 Å². The van der Waals surface area contributed by atoms with E-state index in [1.54, 1.807) is 0 Å². The minimum absolute atomic E-state index is 0.0175. The van der Waals surface area contributed by atoms with E-state index in [1.165, 1.54) is 0 Å². The molecule has 2 heterocycles. The highest BCUT2D eigenvalue weighted by atomic mass is 16.2. The third kappa shape index (κ3) is 2.69. The summed E-state index contributed by atoms with van der Waals surface area (Å²) in [6, 6.07) is 4.05. The highest BCUT2D eigenvalue weighted by Gasteiger charge is 2.35. The second-order valence-electron chi connectivity index (χ2n) is 5.57. The molecule has 1 aliphatic heterocycles. The molecule has 94 valence electrons. The first-order valence-corrected chi connectivity index (χ1v) is 6.15. The van der Waals surface area contributed by atoms with E-state index < -0.39 is 0 Å². The van der Waals surface area contributed by atoms with E-state index in [9.17, 15) is 4.79 Å². The van der Waals surface area contributed by atoms with Gasteiger partial charge >= 0.3 is 0 Å². The van der Waals surface area contributed by atoms with Crippen molar-refractivity contribution in [3.05, 3.63) is 24.0 Å². The normalized spacial score (nSPS) is 23.7. The minimum atomic E-state index is 0.0175. The Bertz CT molecular complexity index is 383. The Morgan fingerprint density at radius 1 is 1.65 bits per heavy atom. The van der Waals surface area contributed by atoms with Crippen LogP contribution < -0.4 is 5.73 Å². The van der Waals surface area contributed by atoms with Crippen LogP contribution in [0.2, 0.25) is 0 Å². The van der Waals surface area contributed by atoms with E-state index in [4.69, 9.17) is 5.73 Å². The molecule has 4 heteroatoms. The zero-order valence-corrected chi connectivity index (χ0v) is 10.6. The summed E-state index contributed by atoms with van der Waals surface area (Å²) in [5.41, 5.74) is 7.06. The van der Waals surface area contributed by atoms with Crippen molar-refractivity contribution in [2.75, 3.05) is 13.1 Å². The van der Waals surface area contributed by atoms with Crippen molar-refractivity contribution in [2.45, 2.75) is 32.7 Å². The molecule has 1 saturated heterocycles. The average molecular weight is 235 g/mol. The third-order valence-corrected chi connectivity index (χ3v) is 3.67. The van der Waals surface area contributed by atoms with Gasteiger partial charge in [0, 0.05) is 31.0 Å². The molecule has 0 bridgehead atoms. The minimum Gasteiger partial charge on any atom is -0.365 e. The zero-order valence-electron chi connectivity index (χ0n) is 10.6. The number of hydrogen-bond acceptors (Lipinski definition) is 2. The number of hydrogen-bond donors (Lipinski definition) is 2. The lowest BCUT2D eigenvalue weighted by Gasteiger charge is -2.42. The van der Waals surface area contributed by atoms with Crippen LogP contribution in [0, 0.1) is 5.41 Å². The maximum atomic E-state index is 12.1. The predicted octanol–water partition coefficient (Wildman–Crippen LogP) is 1.14. The second-order valence-corrected chi connectivity index (χ2v) is 5.57. The number of likely N-dealkylation sites (tertiary alicyclic amines) is 1. The van der Waals surface area contributed by atoms with E-state index in [2.05, 4.69) is 18.8 Å². The van der Waals surface area contributed by atoms with Crippen molar-refractivity contribution in [1.29, 1.82) is 0 Å². The summed E-state index contributed by atoms with van der Waals surface area (Å²) in [5.74, 6) is 0.187. The van der Waals surface area contributed by atoms with Gasteiger partial charge in [-0.1, -0.05) is 13.8 Å². The topological polar surface area (TPSA) is 62.1 Å². The zero-order chi connectivity index (χ0) is 12.5. The van der Waals surface area contributed by atoms with Crippen LogP contribution >= 0.6 is 0 Å². The molecule has 4 nitrogen and oxygen atoms in total. The van der Waals surface area contributed by atoms with E-state index in [0.29, 0.717) is 6.42 Å². The van der Waals surface area contributed by atoms with Gasteiger partial charge in [0.2, 0.25) is 5.91 Å². The number of amides is 1. The molecular weight excluding hydrogens is 214 g/mol. The molecule has 1 atom stereocenters. The van der Waals surface area contributed by atoms with E-state index >= 15 is 0 Å². The van der Waals surface area contributed by atoms with Gasteiger partial charge in [0.15, 0.2) is 0 Å². The van der Waals surface area contributed by atoms with E-state index in [1.807, 2.05) is 23.2 Å². The Hall–Kier alpha value is -1.29. The number of H-pyrrole nitrogens is 1. The number of piperidine rings is 1. The largest absolute Gasteiger partial charge is 0.365 e. The number of rotatable bonds is 2. The SMILES string of the molecule is CC1(C)CN(C(=O)Cc2ccc[nH]2)CCC1N. The molecule has 17 heavy (non-hydrogen) atoms. The Morgan fingerprint density at radius 3 is 3.00 bits per heavy atom. The van der Waals surface area contributed by atoms with E-state index in [-0.39, 0.29) is 17.4 Å². The lowest BCUT2D eigenvalue weighted by Crippen LogP contribution is -2.54. The van der Waals surface area contributed by atoms with Crippen molar-refractivity contribution in [3.8, 4) is 0 Å². The first-order valence-electron chi connectivity index (χ1n) is 6.15. The number of nitrogens with two attached hydrogens (primary N) is 1. The molecule has 0 radical (unpaired) electrons. The summed E-state index contributed by atoms with van der Waals surface area (Å²) in [4.78, 5) is 17.1. The maximum Gasteiger partial charge on any atom is 0.228 e. The average Bonchev–Trinajstić information content (AvgIpc) is 2.74.